The number of para-hydroxylation sites is 1. The first kappa shape index (κ1) is 10.9. The second-order valence-corrected chi connectivity index (χ2v) is 4.20. The largest absolute Gasteiger partial charge is 0.314 e. The van der Waals surface area contributed by atoms with Crippen LogP contribution in [0.1, 0.15) is 25.8 Å². The predicted octanol–water partition coefficient (Wildman–Crippen LogP) is 1.90. The van der Waals surface area contributed by atoms with E-state index < -0.39 is 5.41 Å². The summed E-state index contributed by atoms with van der Waals surface area (Å²) in [6.07, 6.45) is 0.516. The highest BCUT2D eigenvalue weighted by atomic mass is 16.2. The van der Waals surface area contributed by atoms with Crippen molar-refractivity contribution in [2.45, 2.75) is 25.7 Å². The Morgan fingerprint density at radius 3 is 2.56 bits per heavy atom. The number of hydrogen-bond acceptors (Lipinski definition) is 2. The molecule has 0 aliphatic carbocycles. The summed E-state index contributed by atoms with van der Waals surface area (Å²) < 4.78 is 0. The van der Waals surface area contributed by atoms with E-state index in [1.807, 2.05) is 31.2 Å². The topological polar surface area (TPSA) is 37.4 Å². The fourth-order valence-corrected chi connectivity index (χ4v) is 2.57. The summed E-state index contributed by atoms with van der Waals surface area (Å²) in [4.78, 5) is 25.7. The molecule has 16 heavy (non-hydrogen) atoms. The molecule has 0 aromatic heterocycles. The minimum atomic E-state index is -0.953. The second kappa shape index (κ2) is 3.44. The van der Waals surface area contributed by atoms with Crippen molar-refractivity contribution in [2.24, 2.45) is 0 Å². The summed E-state index contributed by atoms with van der Waals surface area (Å²) in [6.45, 7) is 3.38. The van der Waals surface area contributed by atoms with Gasteiger partial charge < -0.3 is 4.90 Å². The average Bonchev–Trinajstić information content (AvgIpc) is 2.50. The summed E-state index contributed by atoms with van der Waals surface area (Å²) in [5, 5.41) is 0. The third-order valence-corrected chi connectivity index (χ3v) is 3.53. The van der Waals surface area contributed by atoms with Gasteiger partial charge in [0.2, 0.25) is 5.91 Å². The summed E-state index contributed by atoms with van der Waals surface area (Å²) >= 11 is 0. The lowest BCUT2D eigenvalue weighted by Crippen LogP contribution is -2.43. The Hall–Kier alpha value is -1.64. The van der Waals surface area contributed by atoms with Gasteiger partial charge >= 0.3 is 0 Å². The van der Waals surface area contributed by atoms with E-state index in [1.165, 1.54) is 6.92 Å². The number of nitrogens with zero attached hydrogens (tertiary/aromatic N) is 1. The zero-order valence-electron chi connectivity index (χ0n) is 9.78. The summed E-state index contributed by atoms with van der Waals surface area (Å²) in [5.41, 5.74) is 0.743. The van der Waals surface area contributed by atoms with Crippen LogP contribution >= 0.6 is 0 Å². The Balaban J connectivity index is 2.73. The molecule has 1 aliphatic rings. The van der Waals surface area contributed by atoms with Crippen molar-refractivity contribution in [2.75, 3.05) is 11.9 Å². The SMILES string of the molecule is CCC1(C(C)=O)C(=O)N(C)c2ccccc21. The first-order valence-corrected chi connectivity index (χ1v) is 5.44. The molecule has 0 saturated carbocycles. The van der Waals surface area contributed by atoms with Crippen molar-refractivity contribution in [3.8, 4) is 0 Å². The Bertz CT molecular complexity index is 467. The van der Waals surface area contributed by atoms with Crippen LogP contribution in [0.5, 0.6) is 0 Å². The molecule has 84 valence electrons. The average molecular weight is 217 g/mol. The van der Waals surface area contributed by atoms with Gasteiger partial charge in [-0.3, -0.25) is 9.59 Å². The molecule has 3 nitrogen and oxygen atoms in total. The van der Waals surface area contributed by atoms with E-state index in [2.05, 4.69) is 0 Å². The molecule has 0 bridgehead atoms. The second-order valence-electron chi connectivity index (χ2n) is 4.20. The van der Waals surface area contributed by atoms with Gasteiger partial charge in [-0.1, -0.05) is 25.1 Å². The fraction of sp³-hybridized carbons (Fsp3) is 0.385. The molecule has 1 heterocycles. The van der Waals surface area contributed by atoms with Crippen molar-refractivity contribution < 1.29 is 9.59 Å². The highest BCUT2D eigenvalue weighted by molar-refractivity contribution is 6.21. The molecule has 2 rings (SSSR count). The predicted molar refractivity (Wildman–Crippen MR) is 62.5 cm³/mol. The summed E-state index contributed by atoms with van der Waals surface area (Å²) in [5.74, 6) is -0.180. The first-order chi connectivity index (χ1) is 7.55. The van der Waals surface area contributed by atoms with Crippen LogP contribution in [0.3, 0.4) is 0 Å². The molecule has 0 fully saturated rings. The van der Waals surface area contributed by atoms with Crippen LogP contribution < -0.4 is 4.90 Å². The number of ketones is 1. The van der Waals surface area contributed by atoms with E-state index in [-0.39, 0.29) is 11.7 Å². The quantitative estimate of drug-likeness (QED) is 0.709. The monoisotopic (exact) mass is 217 g/mol. The molecule has 1 aromatic rings. The van der Waals surface area contributed by atoms with Gasteiger partial charge in [-0.05, 0) is 25.0 Å². The van der Waals surface area contributed by atoms with Gasteiger partial charge in [0, 0.05) is 12.7 Å². The van der Waals surface area contributed by atoms with E-state index in [0.29, 0.717) is 6.42 Å². The summed E-state index contributed by atoms with van der Waals surface area (Å²) in [6, 6.07) is 7.52. The van der Waals surface area contributed by atoms with Crippen LogP contribution in [0, 0.1) is 0 Å². The zero-order valence-corrected chi connectivity index (χ0v) is 9.78. The van der Waals surface area contributed by atoms with Gasteiger partial charge in [0.1, 0.15) is 11.2 Å². The Morgan fingerprint density at radius 2 is 2.00 bits per heavy atom. The van der Waals surface area contributed by atoms with Crippen molar-refractivity contribution in [1.82, 2.24) is 0 Å². The van der Waals surface area contributed by atoms with Gasteiger partial charge in [-0.2, -0.15) is 0 Å². The number of rotatable bonds is 2. The smallest absolute Gasteiger partial charge is 0.244 e. The Morgan fingerprint density at radius 1 is 1.38 bits per heavy atom. The lowest BCUT2D eigenvalue weighted by Gasteiger charge is -2.23. The molecule has 3 heteroatoms. The number of amides is 1. The van der Waals surface area contributed by atoms with Crippen LogP contribution in [0.2, 0.25) is 0 Å². The van der Waals surface area contributed by atoms with Gasteiger partial charge in [-0.25, -0.2) is 0 Å². The van der Waals surface area contributed by atoms with Gasteiger partial charge in [-0.15, -0.1) is 0 Å². The minimum absolute atomic E-state index is 0.0724. The fourth-order valence-electron chi connectivity index (χ4n) is 2.57. The van der Waals surface area contributed by atoms with Crippen molar-refractivity contribution >= 4 is 17.4 Å². The Labute approximate surface area is 95.1 Å². The molecule has 1 aromatic carbocycles. The number of carbonyl (C=O) groups is 2. The van der Waals surface area contributed by atoms with E-state index in [9.17, 15) is 9.59 Å². The van der Waals surface area contributed by atoms with Crippen LogP contribution in [-0.2, 0) is 15.0 Å². The van der Waals surface area contributed by atoms with Gasteiger partial charge in [0.15, 0.2) is 0 Å². The van der Waals surface area contributed by atoms with Crippen LogP contribution in [0.25, 0.3) is 0 Å². The molecule has 0 N–H and O–H groups in total. The van der Waals surface area contributed by atoms with Crippen molar-refractivity contribution in [3.63, 3.8) is 0 Å². The number of hydrogen-bond donors (Lipinski definition) is 0. The third-order valence-electron chi connectivity index (χ3n) is 3.53. The number of likely N-dealkylation sites (N-methyl/N-ethyl adjacent to an activating group) is 1. The molecule has 1 unspecified atom stereocenters. The zero-order chi connectivity index (χ0) is 11.9. The number of Topliss-reactive ketones (excluding diaryl/α,β-unsaturated/α-hetero) is 1. The van der Waals surface area contributed by atoms with E-state index >= 15 is 0 Å². The number of anilines is 1. The molecular formula is C13H15NO2. The van der Waals surface area contributed by atoms with Crippen LogP contribution in [0.4, 0.5) is 5.69 Å². The standard InChI is InChI=1S/C13H15NO2/c1-4-13(9(2)15)10-7-5-6-8-11(10)14(3)12(13)16/h5-8H,4H2,1-3H3. The summed E-state index contributed by atoms with van der Waals surface area (Å²) in [7, 11) is 1.72. The maximum atomic E-state index is 12.3. The molecule has 0 saturated heterocycles. The minimum Gasteiger partial charge on any atom is -0.314 e. The number of carbonyl (C=O) groups excluding carboxylic acids is 2. The van der Waals surface area contributed by atoms with Crippen LogP contribution in [-0.4, -0.2) is 18.7 Å². The van der Waals surface area contributed by atoms with E-state index in [4.69, 9.17) is 0 Å². The highest BCUT2D eigenvalue weighted by Crippen LogP contribution is 2.43. The maximum Gasteiger partial charge on any atom is 0.244 e. The molecule has 1 aliphatic heterocycles. The lowest BCUT2D eigenvalue weighted by atomic mass is 9.76. The van der Waals surface area contributed by atoms with Crippen molar-refractivity contribution in [1.29, 1.82) is 0 Å². The number of fused-ring (bicyclic) bond motifs is 1. The van der Waals surface area contributed by atoms with Gasteiger partial charge in [0.05, 0.1) is 0 Å². The molecular weight excluding hydrogens is 202 g/mol. The molecule has 0 spiro atoms. The highest BCUT2D eigenvalue weighted by Gasteiger charge is 2.51. The lowest BCUT2D eigenvalue weighted by molar-refractivity contribution is -0.133. The molecule has 1 atom stereocenters. The normalized spacial score (nSPS) is 23.4. The maximum absolute atomic E-state index is 12.3. The first-order valence-electron chi connectivity index (χ1n) is 5.44. The van der Waals surface area contributed by atoms with Gasteiger partial charge in [0.25, 0.3) is 0 Å². The van der Waals surface area contributed by atoms with Crippen molar-refractivity contribution in [3.05, 3.63) is 29.8 Å². The third kappa shape index (κ3) is 1.08. The van der Waals surface area contributed by atoms with Crippen LogP contribution in [0.15, 0.2) is 24.3 Å². The number of benzene rings is 1. The Kier molecular flexibility index (Phi) is 2.34. The van der Waals surface area contributed by atoms with E-state index in [1.54, 1.807) is 11.9 Å². The van der Waals surface area contributed by atoms with E-state index in [0.717, 1.165) is 11.3 Å². The molecule has 1 amide bonds. The molecule has 0 radical (unpaired) electrons.